The van der Waals surface area contributed by atoms with Crippen molar-refractivity contribution in [1.82, 2.24) is 24.6 Å². The molecule has 1 saturated carbocycles. The first-order valence-electron chi connectivity index (χ1n) is 13.7. The fourth-order valence-corrected chi connectivity index (χ4v) is 5.65. The summed E-state index contributed by atoms with van der Waals surface area (Å²) in [6, 6.07) is 7.61. The summed E-state index contributed by atoms with van der Waals surface area (Å²) >= 11 is 0. The summed E-state index contributed by atoms with van der Waals surface area (Å²) in [6.45, 7) is 8.83. The third-order valence-corrected chi connectivity index (χ3v) is 7.73. The summed E-state index contributed by atoms with van der Waals surface area (Å²) in [5, 5.41) is 15.6. The zero-order chi connectivity index (χ0) is 27.0. The molecule has 2 aliphatic rings. The van der Waals surface area contributed by atoms with E-state index in [4.69, 9.17) is 9.84 Å². The SMILES string of the molecule is Cc1c(C(=O)O)nc2c(c(OC(C)C)nn2C2CCCCC2)c1-c1ccc(C(=O)N2CCN(C)CC2)cc1. The average Bonchev–Trinajstić information content (AvgIpc) is 3.26. The van der Waals surface area contributed by atoms with Crippen LogP contribution in [0.4, 0.5) is 0 Å². The second kappa shape index (κ2) is 10.7. The van der Waals surface area contributed by atoms with Gasteiger partial charge in [-0.2, -0.15) is 0 Å². The molecular formula is C29H37N5O4. The first kappa shape index (κ1) is 26.2. The lowest BCUT2D eigenvalue weighted by molar-refractivity contribution is 0.0661. The van der Waals surface area contributed by atoms with Gasteiger partial charge in [-0.1, -0.05) is 31.4 Å². The fourth-order valence-electron chi connectivity index (χ4n) is 5.65. The Hall–Kier alpha value is -3.46. The van der Waals surface area contributed by atoms with Crippen LogP contribution in [0.1, 0.15) is 78.4 Å². The molecule has 0 radical (unpaired) electrons. The minimum atomic E-state index is -1.07. The molecule has 0 atom stereocenters. The number of pyridine rings is 1. The van der Waals surface area contributed by atoms with Crippen LogP contribution in [0, 0.1) is 6.92 Å². The van der Waals surface area contributed by atoms with Crippen molar-refractivity contribution >= 4 is 22.9 Å². The number of carboxylic acid groups (broad SMARTS) is 1. The van der Waals surface area contributed by atoms with Crippen molar-refractivity contribution < 1.29 is 19.4 Å². The Morgan fingerprint density at radius 1 is 1.03 bits per heavy atom. The highest BCUT2D eigenvalue weighted by Crippen LogP contribution is 2.41. The first-order valence-corrected chi connectivity index (χ1v) is 13.7. The summed E-state index contributed by atoms with van der Waals surface area (Å²) in [7, 11) is 2.06. The fraction of sp³-hybridized carbons (Fsp3) is 0.517. The first-order chi connectivity index (χ1) is 18.2. The lowest BCUT2D eigenvalue weighted by Crippen LogP contribution is -2.47. The Morgan fingerprint density at radius 2 is 1.68 bits per heavy atom. The van der Waals surface area contributed by atoms with Crippen LogP contribution in [0.2, 0.25) is 0 Å². The van der Waals surface area contributed by atoms with Crippen molar-refractivity contribution in [3.8, 4) is 17.0 Å². The van der Waals surface area contributed by atoms with E-state index >= 15 is 0 Å². The quantitative estimate of drug-likeness (QED) is 0.500. The standard InChI is InChI=1S/C29H37N5O4/c1-18(2)38-27-24-23(20-10-12-21(13-11-20)28(35)33-16-14-32(4)15-17-33)19(3)25(29(36)37)30-26(24)34(31-27)22-8-6-5-7-9-22/h10-13,18,22H,5-9,14-17H2,1-4H3,(H,36,37). The zero-order valence-electron chi connectivity index (χ0n) is 22.7. The summed E-state index contributed by atoms with van der Waals surface area (Å²) in [5.74, 6) is -0.586. The molecule has 1 amide bonds. The van der Waals surface area contributed by atoms with E-state index < -0.39 is 5.97 Å². The van der Waals surface area contributed by atoms with Crippen LogP contribution in [-0.2, 0) is 0 Å². The van der Waals surface area contributed by atoms with E-state index in [9.17, 15) is 14.7 Å². The summed E-state index contributed by atoms with van der Waals surface area (Å²) < 4.78 is 8.08. The Morgan fingerprint density at radius 3 is 2.29 bits per heavy atom. The molecule has 9 heteroatoms. The normalized spacial score (nSPS) is 17.3. The van der Waals surface area contributed by atoms with Crippen LogP contribution < -0.4 is 4.74 Å². The molecule has 1 aromatic carbocycles. The minimum Gasteiger partial charge on any atom is -0.477 e. The maximum atomic E-state index is 13.1. The number of ether oxygens (including phenoxy) is 1. The number of aromatic nitrogens is 3. The van der Waals surface area contributed by atoms with Gasteiger partial charge in [-0.05, 0) is 63.9 Å². The number of rotatable bonds is 6. The number of likely N-dealkylation sites (N-methyl/N-ethyl adjacent to an activating group) is 1. The number of aromatic carboxylic acids is 1. The van der Waals surface area contributed by atoms with Gasteiger partial charge in [0.15, 0.2) is 11.3 Å². The molecule has 1 aliphatic heterocycles. The van der Waals surface area contributed by atoms with Gasteiger partial charge >= 0.3 is 5.97 Å². The van der Waals surface area contributed by atoms with E-state index in [0.29, 0.717) is 35.7 Å². The van der Waals surface area contributed by atoms with Crippen molar-refractivity contribution in [3.05, 3.63) is 41.1 Å². The third kappa shape index (κ3) is 4.99. The molecule has 3 heterocycles. The highest BCUT2D eigenvalue weighted by atomic mass is 16.5. The lowest BCUT2D eigenvalue weighted by Gasteiger charge is -2.32. The van der Waals surface area contributed by atoms with Crippen LogP contribution in [0.25, 0.3) is 22.2 Å². The summed E-state index contributed by atoms with van der Waals surface area (Å²) in [5.41, 5.74) is 3.28. The zero-order valence-corrected chi connectivity index (χ0v) is 22.7. The average molecular weight is 520 g/mol. The van der Waals surface area contributed by atoms with Crippen LogP contribution in [0.5, 0.6) is 5.88 Å². The van der Waals surface area contributed by atoms with Gasteiger partial charge in [0, 0.05) is 37.3 Å². The Bertz CT molecular complexity index is 1330. The van der Waals surface area contributed by atoms with Crippen molar-refractivity contribution in [1.29, 1.82) is 0 Å². The van der Waals surface area contributed by atoms with Crippen molar-refractivity contribution in [2.45, 2.75) is 65.0 Å². The van der Waals surface area contributed by atoms with Gasteiger partial charge in [0.2, 0.25) is 5.88 Å². The Labute approximate surface area is 223 Å². The van der Waals surface area contributed by atoms with Crippen LogP contribution in [0.3, 0.4) is 0 Å². The maximum Gasteiger partial charge on any atom is 0.354 e. The molecule has 202 valence electrons. The predicted octanol–water partition coefficient (Wildman–Crippen LogP) is 4.78. The number of hydrogen-bond acceptors (Lipinski definition) is 6. The highest BCUT2D eigenvalue weighted by molar-refractivity contribution is 6.03. The summed E-state index contributed by atoms with van der Waals surface area (Å²) in [4.78, 5) is 34.1. The third-order valence-electron chi connectivity index (χ3n) is 7.73. The molecule has 1 saturated heterocycles. The number of benzene rings is 1. The van der Waals surface area contributed by atoms with Gasteiger partial charge < -0.3 is 19.6 Å². The van der Waals surface area contributed by atoms with Crippen molar-refractivity contribution in [3.63, 3.8) is 0 Å². The number of hydrogen-bond donors (Lipinski definition) is 1. The minimum absolute atomic E-state index is 0.0122. The second-order valence-electron chi connectivity index (χ2n) is 10.8. The predicted molar refractivity (Wildman–Crippen MR) is 146 cm³/mol. The van der Waals surface area contributed by atoms with E-state index in [1.165, 1.54) is 6.42 Å². The number of nitrogens with zero attached hydrogens (tertiary/aromatic N) is 5. The Balaban J connectivity index is 1.63. The maximum absolute atomic E-state index is 13.1. The molecule has 9 nitrogen and oxygen atoms in total. The number of fused-ring (bicyclic) bond motifs is 1. The number of piperazine rings is 1. The van der Waals surface area contributed by atoms with E-state index in [-0.39, 0.29) is 23.7 Å². The number of carbonyl (C=O) groups is 2. The van der Waals surface area contributed by atoms with E-state index in [1.54, 1.807) is 6.92 Å². The van der Waals surface area contributed by atoms with Gasteiger partial charge in [-0.3, -0.25) is 4.79 Å². The number of carbonyl (C=O) groups excluding carboxylic acids is 1. The number of amides is 1. The van der Waals surface area contributed by atoms with E-state index in [2.05, 4.69) is 16.9 Å². The van der Waals surface area contributed by atoms with Gasteiger partial charge in [0.05, 0.1) is 17.5 Å². The molecule has 1 N–H and O–H groups in total. The van der Waals surface area contributed by atoms with Crippen LogP contribution in [0.15, 0.2) is 24.3 Å². The lowest BCUT2D eigenvalue weighted by atomic mass is 9.94. The molecule has 0 spiro atoms. The van der Waals surface area contributed by atoms with Crippen LogP contribution >= 0.6 is 0 Å². The second-order valence-corrected chi connectivity index (χ2v) is 10.8. The van der Waals surface area contributed by atoms with E-state index in [0.717, 1.165) is 55.3 Å². The molecule has 1 aliphatic carbocycles. The Kier molecular flexibility index (Phi) is 7.38. The topological polar surface area (TPSA) is 101 Å². The molecule has 2 fully saturated rings. The molecule has 38 heavy (non-hydrogen) atoms. The molecule has 2 aromatic heterocycles. The van der Waals surface area contributed by atoms with Crippen molar-refractivity contribution in [2.24, 2.45) is 0 Å². The van der Waals surface area contributed by atoms with Gasteiger partial charge in [-0.25, -0.2) is 14.5 Å². The van der Waals surface area contributed by atoms with Gasteiger partial charge in [0.1, 0.15) is 0 Å². The molecule has 5 rings (SSSR count). The van der Waals surface area contributed by atoms with Gasteiger partial charge in [-0.15, -0.1) is 5.10 Å². The van der Waals surface area contributed by atoms with Crippen LogP contribution in [-0.4, -0.2) is 80.9 Å². The molecule has 3 aromatic rings. The van der Waals surface area contributed by atoms with Gasteiger partial charge in [0.25, 0.3) is 5.91 Å². The number of carboxylic acids is 1. The smallest absolute Gasteiger partial charge is 0.354 e. The molecular weight excluding hydrogens is 482 g/mol. The highest BCUT2D eigenvalue weighted by Gasteiger charge is 2.29. The van der Waals surface area contributed by atoms with Crippen molar-refractivity contribution in [2.75, 3.05) is 33.2 Å². The van der Waals surface area contributed by atoms with E-state index in [1.807, 2.05) is 47.7 Å². The molecule has 0 bridgehead atoms. The monoisotopic (exact) mass is 519 g/mol. The largest absolute Gasteiger partial charge is 0.477 e. The molecule has 0 unspecified atom stereocenters. The summed E-state index contributed by atoms with van der Waals surface area (Å²) in [6.07, 6.45) is 5.27.